The summed E-state index contributed by atoms with van der Waals surface area (Å²) in [6.07, 6.45) is -2.11. The number of alkyl halides is 3. The van der Waals surface area contributed by atoms with Crippen molar-refractivity contribution in [2.75, 3.05) is 20.1 Å². The second kappa shape index (κ2) is 7.45. The normalized spacial score (nSPS) is 18.9. The molecule has 0 unspecified atom stereocenters. The number of carboxylic acids is 1. The van der Waals surface area contributed by atoms with Gasteiger partial charge < -0.3 is 10.0 Å². The number of halogens is 3. The zero-order valence-electron chi connectivity index (χ0n) is 15.4. The molecule has 3 rings (SSSR count). The van der Waals surface area contributed by atoms with E-state index in [9.17, 15) is 22.8 Å². The number of fused-ring (bicyclic) bond motifs is 2. The lowest BCUT2D eigenvalue weighted by atomic mass is 9.77. The SMILES string of the molecule is CC(C)n1nc2n(c(=O)c1=O)CCC21CCN(C)CC1.O=C(O)C(F)(F)F. The number of nitrogens with zero attached hydrogens (tertiary/aromatic N) is 4. The predicted molar refractivity (Wildman–Crippen MR) is 89.9 cm³/mol. The van der Waals surface area contributed by atoms with Crippen LogP contribution >= 0.6 is 0 Å². The Bertz CT molecular complexity index is 820. The fourth-order valence-electron chi connectivity index (χ4n) is 3.42. The lowest BCUT2D eigenvalue weighted by molar-refractivity contribution is -0.192. The third-order valence-electron chi connectivity index (χ3n) is 5.06. The third-order valence-corrected chi connectivity index (χ3v) is 5.06. The molecule has 0 saturated carbocycles. The maximum atomic E-state index is 12.3. The van der Waals surface area contributed by atoms with Crippen LogP contribution in [-0.2, 0) is 16.8 Å². The number of aromatic nitrogens is 3. The molecule has 27 heavy (non-hydrogen) atoms. The summed E-state index contributed by atoms with van der Waals surface area (Å²) in [5, 5.41) is 11.7. The maximum absolute atomic E-state index is 12.3. The Morgan fingerprint density at radius 3 is 2.04 bits per heavy atom. The van der Waals surface area contributed by atoms with E-state index in [2.05, 4.69) is 17.0 Å². The molecule has 3 heterocycles. The van der Waals surface area contributed by atoms with Crippen molar-refractivity contribution in [1.29, 1.82) is 0 Å². The molecule has 0 bridgehead atoms. The van der Waals surface area contributed by atoms with Gasteiger partial charge in [0, 0.05) is 12.0 Å². The fourth-order valence-corrected chi connectivity index (χ4v) is 3.42. The van der Waals surface area contributed by atoms with Gasteiger partial charge in [0.15, 0.2) is 0 Å². The minimum absolute atomic E-state index is 0.00396. The summed E-state index contributed by atoms with van der Waals surface area (Å²) in [5.41, 5.74) is -0.899. The van der Waals surface area contributed by atoms with Crippen LogP contribution in [0.1, 0.15) is 45.0 Å². The zero-order chi connectivity index (χ0) is 20.6. The van der Waals surface area contributed by atoms with Gasteiger partial charge in [-0.05, 0) is 53.2 Å². The van der Waals surface area contributed by atoms with E-state index >= 15 is 0 Å². The molecular weight excluding hydrogens is 369 g/mol. The van der Waals surface area contributed by atoms with Crippen molar-refractivity contribution in [1.82, 2.24) is 19.2 Å². The lowest BCUT2D eigenvalue weighted by Gasteiger charge is -2.36. The molecule has 152 valence electrons. The molecule has 0 radical (unpaired) electrons. The van der Waals surface area contributed by atoms with Crippen LogP contribution in [-0.4, -0.2) is 56.6 Å². The highest BCUT2D eigenvalue weighted by atomic mass is 19.4. The smallest absolute Gasteiger partial charge is 0.475 e. The number of carbonyl (C=O) groups is 1. The van der Waals surface area contributed by atoms with Crippen molar-refractivity contribution in [2.24, 2.45) is 0 Å². The second-order valence-electron chi connectivity index (χ2n) is 7.26. The number of likely N-dealkylation sites (tertiary alicyclic amines) is 1. The van der Waals surface area contributed by atoms with Gasteiger partial charge in [-0.1, -0.05) is 0 Å². The van der Waals surface area contributed by atoms with Crippen LogP contribution in [0.5, 0.6) is 0 Å². The van der Waals surface area contributed by atoms with Gasteiger partial charge in [0.25, 0.3) is 0 Å². The average molecular weight is 392 g/mol. The highest BCUT2D eigenvalue weighted by Gasteiger charge is 2.44. The van der Waals surface area contributed by atoms with E-state index < -0.39 is 23.3 Å². The Balaban J connectivity index is 0.000000321. The van der Waals surface area contributed by atoms with E-state index in [0.717, 1.165) is 38.2 Å². The van der Waals surface area contributed by atoms with E-state index in [4.69, 9.17) is 9.90 Å². The predicted octanol–water partition coefficient (Wildman–Crippen LogP) is 0.986. The van der Waals surface area contributed by atoms with Crippen LogP contribution in [0.2, 0.25) is 0 Å². The summed E-state index contributed by atoms with van der Waals surface area (Å²) in [6, 6.07) is -0.0787. The van der Waals surface area contributed by atoms with Gasteiger partial charge in [-0.15, -0.1) is 0 Å². The maximum Gasteiger partial charge on any atom is 0.490 e. The minimum atomic E-state index is -5.08. The number of hydrogen-bond acceptors (Lipinski definition) is 5. The molecule has 1 aromatic rings. The van der Waals surface area contributed by atoms with Gasteiger partial charge in [-0.2, -0.15) is 18.3 Å². The van der Waals surface area contributed by atoms with Crippen LogP contribution in [0.25, 0.3) is 0 Å². The van der Waals surface area contributed by atoms with E-state index in [-0.39, 0.29) is 11.5 Å². The highest BCUT2D eigenvalue weighted by molar-refractivity contribution is 5.73. The average Bonchev–Trinajstić information content (AvgIpc) is 2.92. The molecule has 1 fully saturated rings. The Kier molecular flexibility index (Phi) is 5.83. The van der Waals surface area contributed by atoms with Gasteiger partial charge in [-0.25, -0.2) is 9.48 Å². The summed E-state index contributed by atoms with van der Waals surface area (Å²) in [6.45, 7) is 6.47. The van der Waals surface area contributed by atoms with E-state index in [1.807, 2.05) is 13.8 Å². The van der Waals surface area contributed by atoms with Crippen molar-refractivity contribution in [3.05, 3.63) is 26.5 Å². The van der Waals surface area contributed by atoms with Crippen LogP contribution < -0.4 is 11.1 Å². The standard InChI is InChI=1S/C14H22N4O2.C2HF3O2/c1-10(2)18-12(20)11(19)17-9-6-14(13(17)15-18)4-7-16(3)8-5-14;3-2(4,5)1(6)7/h10H,4-9H2,1-3H3;(H,6,7). The topological polar surface area (TPSA) is 97.4 Å². The van der Waals surface area contributed by atoms with Crippen LogP contribution in [0, 0.1) is 0 Å². The molecular formula is C16H23F3N4O4. The largest absolute Gasteiger partial charge is 0.490 e. The van der Waals surface area contributed by atoms with Gasteiger partial charge >= 0.3 is 23.3 Å². The molecule has 0 atom stereocenters. The molecule has 8 nitrogen and oxygen atoms in total. The number of carboxylic acid groups (broad SMARTS) is 1. The molecule has 0 amide bonds. The van der Waals surface area contributed by atoms with Crippen LogP contribution in [0.15, 0.2) is 9.59 Å². The van der Waals surface area contributed by atoms with Crippen molar-refractivity contribution in [2.45, 2.75) is 57.3 Å². The Morgan fingerprint density at radius 1 is 1.11 bits per heavy atom. The quantitative estimate of drug-likeness (QED) is 0.716. The molecule has 0 aliphatic carbocycles. The highest BCUT2D eigenvalue weighted by Crippen LogP contribution is 2.40. The summed E-state index contributed by atoms with van der Waals surface area (Å²) in [7, 11) is 2.12. The van der Waals surface area contributed by atoms with Crippen LogP contribution in [0.4, 0.5) is 13.2 Å². The monoisotopic (exact) mass is 392 g/mol. The van der Waals surface area contributed by atoms with Crippen molar-refractivity contribution < 1.29 is 23.1 Å². The van der Waals surface area contributed by atoms with E-state index in [0.29, 0.717) is 6.54 Å². The van der Waals surface area contributed by atoms with Crippen LogP contribution in [0.3, 0.4) is 0 Å². The zero-order valence-corrected chi connectivity index (χ0v) is 15.4. The molecule has 1 saturated heterocycles. The number of aliphatic carboxylic acids is 1. The third kappa shape index (κ3) is 4.23. The summed E-state index contributed by atoms with van der Waals surface area (Å²) in [4.78, 5) is 35.5. The van der Waals surface area contributed by atoms with Gasteiger partial charge in [0.2, 0.25) is 0 Å². The summed E-state index contributed by atoms with van der Waals surface area (Å²) < 4.78 is 34.7. The second-order valence-corrected chi connectivity index (χ2v) is 7.26. The Labute approximate surface area is 153 Å². The first-order chi connectivity index (χ1) is 12.4. The van der Waals surface area contributed by atoms with Gasteiger partial charge in [-0.3, -0.25) is 14.2 Å². The number of piperidine rings is 1. The molecule has 11 heteroatoms. The Hall–Kier alpha value is -2.17. The molecule has 0 aromatic carbocycles. The van der Waals surface area contributed by atoms with Crippen molar-refractivity contribution in [3.8, 4) is 0 Å². The first-order valence-corrected chi connectivity index (χ1v) is 8.62. The van der Waals surface area contributed by atoms with Crippen molar-refractivity contribution >= 4 is 5.97 Å². The molecule has 1 spiro atoms. The van der Waals surface area contributed by atoms with E-state index in [1.54, 1.807) is 4.57 Å². The minimum Gasteiger partial charge on any atom is -0.475 e. The Morgan fingerprint density at radius 2 is 1.59 bits per heavy atom. The summed E-state index contributed by atoms with van der Waals surface area (Å²) in [5.74, 6) is -1.92. The number of rotatable bonds is 1. The van der Waals surface area contributed by atoms with E-state index in [1.165, 1.54) is 4.68 Å². The first kappa shape index (κ1) is 21.1. The first-order valence-electron chi connectivity index (χ1n) is 8.62. The lowest BCUT2D eigenvalue weighted by Crippen LogP contribution is -2.47. The molecule has 2 aliphatic rings. The number of hydrogen-bond donors (Lipinski definition) is 1. The molecule has 2 aliphatic heterocycles. The molecule has 1 N–H and O–H groups in total. The molecule has 1 aromatic heterocycles. The summed E-state index contributed by atoms with van der Waals surface area (Å²) >= 11 is 0. The van der Waals surface area contributed by atoms with Gasteiger partial charge in [0.1, 0.15) is 5.82 Å². The van der Waals surface area contributed by atoms with Crippen molar-refractivity contribution in [3.63, 3.8) is 0 Å². The van der Waals surface area contributed by atoms with Gasteiger partial charge in [0.05, 0.1) is 6.04 Å². The fraction of sp³-hybridized carbons (Fsp3) is 0.750.